The van der Waals surface area contributed by atoms with E-state index < -0.39 is 4.92 Å². The summed E-state index contributed by atoms with van der Waals surface area (Å²) in [4.78, 5) is 22.7. The van der Waals surface area contributed by atoms with Crippen molar-refractivity contribution in [3.05, 3.63) is 69.8 Å². The van der Waals surface area contributed by atoms with Crippen molar-refractivity contribution in [2.24, 2.45) is 0 Å². The van der Waals surface area contributed by atoms with Gasteiger partial charge in [-0.15, -0.1) is 10.2 Å². The maximum atomic E-state index is 12.3. The number of carbonyl (C=O) groups excluding carboxylic acids is 1. The lowest BCUT2D eigenvalue weighted by Gasteiger charge is -2.04. The summed E-state index contributed by atoms with van der Waals surface area (Å²) in [5.74, 6) is 0.938. The highest BCUT2D eigenvalue weighted by atomic mass is 32.2. The number of nitro groups is 1. The van der Waals surface area contributed by atoms with Crippen molar-refractivity contribution >= 4 is 39.8 Å². The van der Waals surface area contributed by atoms with Gasteiger partial charge in [0.25, 0.3) is 11.6 Å². The number of benzene rings is 2. The van der Waals surface area contributed by atoms with Gasteiger partial charge in [0.15, 0.2) is 4.34 Å². The number of thioether (sulfide) groups is 1. The quantitative estimate of drug-likeness (QED) is 0.251. The van der Waals surface area contributed by atoms with Crippen LogP contribution in [0.25, 0.3) is 0 Å². The Balaban J connectivity index is 1.57. The Morgan fingerprint density at radius 3 is 2.75 bits per heavy atom. The molecule has 0 bridgehead atoms. The number of nitrogens with one attached hydrogen (secondary N) is 1. The summed E-state index contributed by atoms with van der Waals surface area (Å²) in [7, 11) is 0. The highest BCUT2D eigenvalue weighted by molar-refractivity contribution is 8.00. The number of hydrogen-bond donors (Lipinski definition) is 1. The second-order valence-corrected chi connectivity index (χ2v) is 7.70. The minimum atomic E-state index is -0.423. The number of rotatable bonds is 8. The molecule has 0 saturated carbocycles. The lowest BCUT2D eigenvalue weighted by molar-refractivity contribution is -0.384. The molecule has 0 aliphatic carbocycles. The molecule has 0 unspecified atom stereocenters. The Kier molecular flexibility index (Phi) is 6.56. The molecule has 8 nitrogen and oxygen atoms in total. The molecule has 0 aliphatic rings. The number of nitrogens with zero attached hydrogens (tertiary/aromatic N) is 3. The Bertz CT molecular complexity index is 976. The summed E-state index contributed by atoms with van der Waals surface area (Å²) >= 11 is 2.65. The SMILES string of the molecule is CCOc1ccc(C(=O)Nc2nnc(SCc3cccc([N+](=O)[O-])c3)s2)cc1. The molecule has 28 heavy (non-hydrogen) atoms. The third-order valence-corrected chi connectivity index (χ3v) is 5.58. The zero-order valence-corrected chi connectivity index (χ0v) is 16.5. The number of amides is 1. The maximum Gasteiger partial charge on any atom is 0.269 e. The first-order chi connectivity index (χ1) is 13.5. The van der Waals surface area contributed by atoms with E-state index in [9.17, 15) is 14.9 Å². The average Bonchev–Trinajstić information content (AvgIpc) is 3.14. The van der Waals surface area contributed by atoms with Crippen LogP contribution in [-0.4, -0.2) is 27.6 Å². The van der Waals surface area contributed by atoms with Gasteiger partial charge in [-0.25, -0.2) is 0 Å². The first-order valence-corrected chi connectivity index (χ1v) is 10.1. The van der Waals surface area contributed by atoms with E-state index in [1.807, 2.05) is 13.0 Å². The molecule has 0 spiro atoms. The first kappa shape index (κ1) is 19.8. The molecule has 144 valence electrons. The summed E-state index contributed by atoms with van der Waals surface area (Å²) < 4.78 is 6.01. The van der Waals surface area contributed by atoms with E-state index >= 15 is 0 Å². The van der Waals surface area contributed by atoms with Gasteiger partial charge in [-0.05, 0) is 36.8 Å². The van der Waals surface area contributed by atoms with Crippen LogP contribution in [-0.2, 0) is 5.75 Å². The zero-order chi connectivity index (χ0) is 19.9. The summed E-state index contributed by atoms with van der Waals surface area (Å²) in [6.45, 7) is 2.46. The van der Waals surface area contributed by atoms with Crippen LogP contribution in [0.4, 0.5) is 10.8 Å². The van der Waals surface area contributed by atoms with Gasteiger partial charge < -0.3 is 4.74 Å². The van der Waals surface area contributed by atoms with Crippen LogP contribution in [0.1, 0.15) is 22.8 Å². The van der Waals surface area contributed by atoms with Crippen molar-refractivity contribution in [1.29, 1.82) is 0 Å². The molecule has 1 N–H and O–H groups in total. The van der Waals surface area contributed by atoms with E-state index in [1.54, 1.807) is 30.3 Å². The molecule has 0 atom stereocenters. The summed E-state index contributed by atoms with van der Waals surface area (Å²) in [5, 5.41) is 21.9. The summed E-state index contributed by atoms with van der Waals surface area (Å²) in [6.07, 6.45) is 0. The predicted octanol–water partition coefficient (Wildman–Crippen LogP) is 4.39. The number of anilines is 1. The van der Waals surface area contributed by atoms with E-state index in [1.165, 1.54) is 35.2 Å². The summed E-state index contributed by atoms with van der Waals surface area (Å²) in [5.41, 5.74) is 1.36. The molecule has 0 saturated heterocycles. The van der Waals surface area contributed by atoms with Gasteiger partial charge in [-0.2, -0.15) is 0 Å². The molecule has 1 amide bonds. The van der Waals surface area contributed by atoms with Crippen LogP contribution in [0.2, 0.25) is 0 Å². The molecular weight excluding hydrogens is 400 g/mol. The molecule has 0 aliphatic heterocycles. The third-order valence-electron chi connectivity index (χ3n) is 3.54. The highest BCUT2D eigenvalue weighted by Crippen LogP contribution is 2.29. The maximum absolute atomic E-state index is 12.3. The van der Waals surface area contributed by atoms with Crippen LogP contribution < -0.4 is 10.1 Å². The Morgan fingerprint density at radius 1 is 1.25 bits per heavy atom. The van der Waals surface area contributed by atoms with Gasteiger partial charge in [0.1, 0.15) is 5.75 Å². The number of aromatic nitrogens is 2. The van der Waals surface area contributed by atoms with Crippen molar-refractivity contribution < 1.29 is 14.5 Å². The van der Waals surface area contributed by atoms with E-state index in [0.29, 0.717) is 33.1 Å². The van der Waals surface area contributed by atoms with Gasteiger partial charge in [-0.1, -0.05) is 35.2 Å². The van der Waals surface area contributed by atoms with E-state index in [-0.39, 0.29) is 11.6 Å². The van der Waals surface area contributed by atoms with Crippen molar-refractivity contribution in [2.75, 3.05) is 11.9 Å². The van der Waals surface area contributed by atoms with Crippen molar-refractivity contribution in [3.8, 4) is 5.75 Å². The lowest BCUT2D eigenvalue weighted by atomic mass is 10.2. The minimum absolute atomic E-state index is 0.0543. The van der Waals surface area contributed by atoms with Gasteiger partial charge >= 0.3 is 0 Å². The largest absolute Gasteiger partial charge is 0.494 e. The molecule has 10 heteroatoms. The van der Waals surface area contributed by atoms with Gasteiger partial charge in [0.2, 0.25) is 5.13 Å². The normalized spacial score (nSPS) is 10.5. The highest BCUT2D eigenvalue weighted by Gasteiger charge is 2.12. The number of nitro benzene ring substituents is 1. The first-order valence-electron chi connectivity index (χ1n) is 8.29. The fraction of sp³-hybridized carbons (Fsp3) is 0.167. The molecule has 0 radical (unpaired) electrons. The monoisotopic (exact) mass is 416 g/mol. The molecule has 1 aromatic heterocycles. The van der Waals surface area contributed by atoms with Crippen LogP contribution in [0.15, 0.2) is 52.9 Å². The van der Waals surface area contributed by atoms with Gasteiger partial charge in [0, 0.05) is 23.4 Å². The van der Waals surface area contributed by atoms with E-state index in [2.05, 4.69) is 15.5 Å². The average molecular weight is 416 g/mol. The molecule has 3 aromatic rings. The number of hydrogen-bond acceptors (Lipinski definition) is 8. The fourth-order valence-electron chi connectivity index (χ4n) is 2.26. The number of carbonyl (C=O) groups is 1. The van der Waals surface area contributed by atoms with E-state index in [0.717, 1.165) is 5.56 Å². The van der Waals surface area contributed by atoms with Crippen LogP contribution in [0.3, 0.4) is 0 Å². The van der Waals surface area contributed by atoms with Crippen LogP contribution >= 0.6 is 23.1 Å². The van der Waals surface area contributed by atoms with Crippen molar-refractivity contribution in [3.63, 3.8) is 0 Å². The molecule has 2 aromatic carbocycles. The Labute approximate surface area is 169 Å². The molecule has 0 fully saturated rings. The van der Waals surface area contributed by atoms with Crippen LogP contribution in [0, 0.1) is 10.1 Å². The standard InChI is InChI=1S/C18H16N4O4S2/c1-2-26-15-8-6-13(7-9-15)16(23)19-17-20-21-18(28-17)27-11-12-4-3-5-14(10-12)22(24)25/h3-10H,2,11H2,1H3,(H,19,20,23). The van der Waals surface area contributed by atoms with E-state index in [4.69, 9.17) is 4.74 Å². The topological polar surface area (TPSA) is 107 Å². The smallest absolute Gasteiger partial charge is 0.269 e. The number of ether oxygens (including phenoxy) is 1. The minimum Gasteiger partial charge on any atom is -0.494 e. The lowest BCUT2D eigenvalue weighted by Crippen LogP contribution is -2.11. The van der Waals surface area contributed by atoms with Gasteiger partial charge in [0.05, 0.1) is 11.5 Å². The van der Waals surface area contributed by atoms with Crippen molar-refractivity contribution in [2.45, 2.75) is 17.0 Å². The zero-order valence-electron chi connectivity index (χ0n) is 14.8. The molecule has 1 heterocycles. The van der Waals surface area contributed by atoms with Crippen molar-refractivity contribution in [1.82, 2.24) is 10.2 Å². The molecular formula is C18H16N4O4S2. The number of non-ortho nitro benzene ring substituents is 1. The Morgan fingerprint density at radius 2 is 2.04 bits per heavy atom. The molecule has 3 rings (SSSR count). The second kappa shape index (κ2) is 9.29. The second-order valence-electron chi connectivity index (χ2n) is 5.50. The van der Waals surface area contributed by atoms with Crippen LogP contribution in [0.5, 0.6) is 5.75 Å². The summed E-state index contributed by atoms with van der Waals surface area (Å²) in [6, 6.07) is 13.3. The predicted molar refractivity (Wildman–Crippen MR) is 108 cm³/mol. The third kappa shape index (κ3) is 5.27. The Hall–Kier alpha value is -2.98. The fourth-order valence-corrected chi connectivity index (χ4v) is 3.95. The van der Waals surface area contributed by atoms with Gasteiger partial charge in [-0.3, -0.25) is 20.2 Å².